The molecule has 0 aliphatic heterocycles. The molecule has 0 aliphatic rings. The molecule has 0 N–H and O–H groups in total. The normalized spacial score (nSPS) is 13.6. The van der Waals surface area contributed by atoms with Crippen LogP contribution in [0.3, 0.4) is 0 Å². The van der Waals surface area contributed by atoms with Gasteiger partial charge in [-0.2, -0.15) is 0 Å². The molecule has 0 spiro atoms. The highest BCUT2D eigenvalue weighted by Gasteiger charge is 2.36. The summed E-state index contributed by atoms with van der Waals surface area (Å²) in [5.74, 6) is 0. The summed E-state index contributed by atoms with van der Waals surface area (Å²) in [5.41, 5.74) is 1.58. The molecule has 1 aromatic carbocycles. The standard InChI is InChI=1S/C20H33NO3SSi/c1-9-18(11-10-16-24-26(7,8)20(3,4)5)21(6)25(22,23)19-14-12-17(2)13-15-19/h9,11-15H,1,10,16H2,2-8H3/b18-11-. The monoisotopic (exact) mass is 395 g/mol. The van der Waals surface area contributed by atoms with E-state index in [4.69, 9.17) is 4.43 Å². The highest BCUT2D eigenvalue weighted by Crippen LogP contribution is 2.36. The van der Waals surface area contributed by atoms with E-state index in [9.17, 15) is 8.42 Å². The van der Waals surface area contributed by atoms with Crippen LogP contribution in [0.25, 0.3) is 0 Å². The fourth-order valence-electron chi connectivity index (χ4n) is 2.08. The second-order valence-electron chi connectivity index (χ2n) is 8.02. The molecular formula is C20H33NO3SSi. The Morgan fingerprint density at radius 2 is 1.77 bits per heavy atom. The number of rotatable bonds is 8. The average Bonchev–Trinajstić information content (AvgIpc) is 2.53. The van der Waals surface area contributed by atoms with Crippen molar-refractivity contribution in [3.05, 3.63) is 54.3 Å². The van der Waals surface area contributed by atoms with Crippen molar-refractivity contribution < 1.29 is 12.8 Å². The minimum absolute atomic E-state index is 0.156. The molecule has 0 radical (unpaired) electrons. The van der Waals surface area contributed by atoms with E-state index in [0.717, 1.165) is 5.56 Å². The van der Waals surface area contributed by atoms with Crippen LogP contribution in [0, 0.1) is 6.92 Å². The molecule has 0 aliphatic carbocycles. The average molecular weight is 396 g/mol. The minimum atomic E-state index is -3.59. The number of hydrogen-bond acceptors (Lipinski definition) is 3. The maximum absolute atomic E-state index is 12.8. The molecule has 146 valence electrons. The van der Waals surface area contributed by atoms with Gasteiger partial charge >= 0.3 is 0 Å². The van der Waals surface area contributed by atoms with Crippen LogP contribution in [-0.4, -0.2) is 34.7 Å². The number of allylic oxidation sites excluding steroid dienone is 1. The molecule has 0 unspecified atom stereocenters. The molecule has 6 heteroatoms. The van der Waals surface area contributed by atoms with Crippen LogP contribution in [0.4, 0.5) is 0 Å². The fraction of sp³-hybridized carbons (Fsp3) is 0.500. The molecule has 1 aromatic rings. The number of likely N-dealkylation sites (N-methyl/N-ethyl adjacent to an activating group) is 1. The van der Waals surface area contributed by atoms with Crippen LogP contribution < -0.4 is 0 Å². The third-order valence-corrected chi connectivity index (χ3v) is 11.3. The van der Waals surface area contributed by atoms with Gasteiger partial charge in [0.25, 0.3) is 10.0 Å². The first-order valence-electron chi connectivity index (χ1n) is 8.85. The van der Waals surface area contributed by atoms with E-state index in [1.807, 2.05) is 13.0 Å². The molecule has 0 amide bonds. The third kappa shape index (κ3) is 5.56. The van der Waals surface area contributed by atoms with Gasteiger partial charge in [0, 0.05) is 19.4 Å². The van der Waals surface area contributed by atoms with E-state index in [0.29, 0.717) is 18.7 Å². The van der Waals surface area contributed by atoms with Gasteiger partial charge in [-0.25, -0.2) is 8.42 Å². The van der Waals surface area contributed by atoms with Crippen molar-refractivity contribution in [2.75, 3.05) is 13.7 Å². The first-order valence-corrected chi connectivity index (χ1v) is 13.2. The van der Waals surface area contributed by atoms with Gasteiger partial charge in [0.2, 0.25) is 0 Å². The molecule has 0 saturated carbocycles. The summed E-state index contributed by atoms with van der Waals surface area (Å²) < 4.78 is 33.0. The van der Waals surface area contributed by atoms with E-state index >= 15 is 0 Å². The van der Waals surface area contributed by atoms with Gasteiger partial charge in [-0.05, 0) is 49.7 Å². The predicted octanol–water partition coefficient (Wildman–Crippen LogP) is 5.10. The summed E-state index contributed by atoms with van der Waals surface area (Å²) in [4.78, 5) is 0.274. The van der Waals surface area contributed by atoms with Crippen LogP contribution >= 0.6 is 0 Å². The van der Waals surface area contributed by atoms with Crippen LogP contribution in [0.15, 0.2) is 53.6 Å². The zero-order valence-corrected chi connectivity index (χ0v) is 19.0. The van der Waals surface area contributed by atoms with Gasteiger partial charge in [0.1, 0.15) is 0 Å². The molecule has 4 nitrogen and oxygen atoms in total. The second kappa shape index (κ2) is 8.54. The molecule has 0 bridgehead atoms. The highest BCUT2D eigenvalue weighted by molar-refractivity contribution is 7.89. The van der Waals surface area contributed by atoms with Crippen molar-refractivity contribution in [2.45, 2.75) is 57.1 Å². The number of nitrogens with zero attached hydrogens (tertiary/aromatic N) is 1. The lowest BCUT2D eigenvalue weighted by atomic mass is 10.2. The number of aryl methyl sites for hydroxylation is 1. The van der Waals surface area contributed by atoms with Crippen LogP contribution in [0.1, 0.15) is 32.8 Å². The van der Waals surface area contributed by atoms with E-state index in [-0.39, 0.29) is 9.93 Å². The summed E-state index contributed by atoms with van der Waals surface area (Å²) in [5, 5.41) is 0.156. The maximum atomic E-state index is 12.8. The number of hydrogen-bond donors (Lipinski definition) is 0. The van der Waals surface area contributed by atoms with Gasteiger partial charge in [0.05, 0.1) is 4.90 Å². The largest absolute Gasteiger partial charge is 0.417 e. The van der Waals surface area contributed by atoms with Crippen molar-refractivity contribution in [1.82, 2.24) is 4.31 Å². The quantitative estimate of drug-likeness (QED) is 0.349. The molecule has 0 fully saturated rings. The van der Waals surface area contributed by atoms with Crippen LogP contribution in [0.2, 0.25) is 18.1 Å². The Morgan fingerprint density at radius 1 is 1.23 bits per heavy atom. The number of sulfonamides is 1. The lowest BCUT2D eigenvalue weighted by molar-refractivity contribution is 0.294. The van der Waals surface area contributed by atoms with E-state index in [1.54, 1.807) is 37.4 Å². The Hall–Kier alpha value is -1.37. The smallest absolute Gasteiger partial charge is 0.264 e. The summed E-state index contributed by atoms with van der Waals surface area (Å²) in [6.07, 6.45) is 4.07. The van der Waals surface area contributed by atoms with Gasteiger partial charge < -0.3 is 4.43 Å². The van der Waals surface area contributed by atoms with Gasteiger partial charge in [-0.1, -0.05) is 51.1 Å². The van der Waals surface area contributed by atoms with E-state index in [1.165, 1.54) is 4.31 Å². The van der Waals surface area contributed by atoms with Gasteiger partial charge in [0.15, 0.2) is 8.32 Å². The zero-order valence-electron chi connectivity index (χ0n) is 17.2. The van der Waals surface area contributed by atoms with Crippen LogP contribution in [0.5, 0.6) is 0 Å². The van der Waals surface area contributed by atoms with Crippen molar-refractivity contribution in [3.8, 4) is 0 Å². The predicted molar refractivity (Wildman–Crippen MR) is 112 cm³/mol. The first kappa shape index (κ1) is 22.7. The molecule has 26 heavy (non-hydrogen) atoms. The summed E-state index contributed by atoms with van der Waals surface area (Å²) in [6.45, 7) is 17.3. The fourth-order valence-corrected chi connectivity index (χ4v) is 4.37. The lowest BCUT2D eigenvalue weighted by Gasteiger charge is -2.36. The highest BCUT2D eigenvalue weighted by atomic mass is 32.2. The Morgan fingerprint density at radius 3 is 2.23 bits per heavy atom. The molecule has 1 rings (SSSR count). The summed E-state index contributed by atoms with van der Waals surface area (Å²) in [7, 11) is -3.84. The Bertz CT molecular complexity index is 744. The first-order chi connectivity index (χ1) is 11.8. The minimum Gasteiger partial charge on any atom is -0.417 e. The van der Waals surface area contributed by atoms with Crippen molar-refractivity contribution >= 4 is 18.3 Å². The SMILES string of the molecule is C=C/C(=C/CCO[Si](C)(C)C(C)(C)C)N(C)S(=O)(=O)c1ccc(C)cc1. The topological polar surface area (TPSA) is 46.6 Å². The lowest BCUT2D eigenvalue weighted by Crippen LogP contribution is -2.40. The molecular weight excluding hydrogens is 362 g/mol. The maximum Gasteiger partial charge on any atom is 0.264 e. The van der Waals surface area contributed by atoms with Crippen LogP contribution in [-0.2, 0) is 14.4 Å². The van der Waals surface area contributed by atoms with E-state index in [2.05, 4.69) is 40.4 Å². The second-order valence-corrected chi connectivity index (χ2v) is 14.8. The van der Waals surface area contributed by atoms with Gasteiger partial charge in [-0.3, -0.25) is 4.31 Å². The van der Waals surface area contributed by atoms with Crippen molar-refractivity contribution in [1.29, 1.82) is 0 Å². The third-order valence-electron chi connectivity index (χ3n) is 4.99. The Balaban J connectivity index is 2.85. The molecule has 0 atom stereocenters. The Kier molecular flexibility index (Phi) is 7.45. The Labute approximate surface area is 160 Å². The van der Waals surface area contributed by atoms with Gasteiger partial charge in [-0.15, -0.1) is 0 Å². The molecule has 0 saturated heterocycles. The summed E-state index contributed by atoms with van der Waals surface area (Å²) >= 11 is 0. The number of benzene rings is 1. The van der Waals surface area contributed by atoms with E-state index < -0.39 is 18.3 Å². The molecule has 0 aromatic heterocycles. The zero-order chi connectivity index (χ0) is 20.2. The van der Waals surface area contributed by atoms with Crippen molar-refractivity contribution in [2.24, 2.45) is 0 Å². The molecule has 0 heterocycles. The van der Waals surface area contributed by atoms with Crippen molar-refractivity contribution in [3.63, 3.8) is 0 Å². The summed E-state index contributed by atoms with van der Waals surface area (Å²) in [6, 6.07) is 6.85.